The molecule has 2 unspecified atom stereocenters. The van der Waals surface area contributed by atoms with Gasteiger partial charge in [0.05, 0.1) is 35.7 Å². The number of nitrogens with two attached hydrogens (primary N) is 1. The monoisotopic (exact) mass is 671 g/mol. The number of alkyl halides is 3. The maximum Gasteiger partial charge on any atom is 0.431 e. The van der Waals surface area contributed by atoms with Gasteiger partial charge in [0.15, 0.2) is 0 Å². The van der Waals surface area contributed by atoms with Crippen molar-refractivity contribution >= 4 is 30.0 Å². The lowest BCUT2D eigenvalue weighted by Crippen LogP contribution is -2.38. The maximum atomic E-state index is 14.1. The molecule has 0 radical (unpaired) electrons. The molecule has 1 aliphatic rings. The fraction of sp³-hybridized carbons (Fsp3) is 0.419. The van der Waals surface area contributed by atoms with Crippen molar-refractivity contribution in [3.8, 4) is 5.75 Å². The number of nitro benzene ring substituents is 1. The number of hydrogen-bond acceptors (Lipinski definition) is 10. The number of aryl methyl sites for hydroxylation is 1. The Morgan fingerprint density at radius 3 is 2.37 bits per heavy atom. The average Bonchev–Trinajstić information content (AvgIpc) is 3.00. The van der Waals surface area contributed by atoms with Gasteiger partial charge in [0.1, 0.15) is 17.7 Å². The molecule has 2 atom stereocenters. The molecule has 4 N–H and O–H groups in total. The number of carbonyl (C=O) groups is 2. The van der Waals surface area contributed by atoms with E-state index in [-0.39, 0.29) is 42.5 Å². The van der Waals surface area contributed by atoms with E-state index in [0.717, 1.165) is 37.6 Å². The molecular weight excluding hydrogens is 635 g/mol. The molecule has 0 fully saturated rings. The average molecular weight is 672 g/mol. The van der Waals surface area contributed by atoms with Crippen LogP contribution in [-0.4, -0.2) is 54.7 Å². The number of rotatable bonds is 15. The number of aliphatic hydroxyl groups is 1. The van der Waals surface area contributed by atoms with Gasteiger partial charge < -0.3 is 24.6 Å². The second-order valence-corrected chi connectivity index (χ2v) is 10.3. The standard InChI is InChI=1S/C31H36F3N3O8.ClH/c1-19-25(30(40)44-17-7-8-20-12-14-23(15-13-20)45-24(35)11-4-3-5-16-38)26(21-9-6-10-22(18-21)37(41)42)27(29(39)43-2)28(36-19)31(32,33)34;/h6,9-10,12-15,18,24,26,36,38H,3-5,7-8,11,16-17,35H2,1-2H3;1H. The molecule has 0 saturated heterocycles. The summed E-state index contributed by atoms with van der Waals surface area (Å²) in [6.07, 6.45) is -1.59. The van der Waals surface area contributed by atoms with Crippen molar-refractivity contribution in [3.63, 3.8) is 0 Å². The smallest absolute Gasteiger partial charge is 0.431 e. The second kappa shape index (κ2) is 17.5. The van der Waals surface area contributed by atoms with Crippen molar-refractivity contribution in [3.05, 3.63) is 92.3 Å². The highest BCUT2D eigenvalue weighted by molar-refractivity contribution is 6.00. The molecule has 0 bridgehead atoms. The van der Waals surface area contributed by atoms with E-state index >= 15 is 0 Å². The van der Waals surface area contributed by atoms with E-state index in [1.807, 2.05) is 12.1 Å². The molecule has 15 heteroatoms. The first-order chi connectivity index (χ1) is 21.4. The summed E-state index contributed by atoms with van der Waals surface area (Å²) in [6.45, 7) is 1.27. The molecule has 11 nitrogen and oxygen atoms in total. The number of nitro groups is 1. The van der Waals surface area contributed by atoms with Crippen LogP contribution in [0.3, 0.4) is 0 Å². The van der Waals surface area contributed by atoms with Gasteiger partial charge in [-0.25, -0.2) is 9.59 Å². The van der Waals surface area contributed by atoms with Crippen molar-refractivity contribution in [2.45, 2.75) is 63.8 Å². The van der Waals surface area contributed by atoms with Crippen LogP contribution in [0.25, 0.3) is 0 Å². The first-order valence-electron chi connectivity index (χ1n) is 14.3. The molecular formula is C31H37ClF3N3O8. The fourth-order valence-electron chi connectivity index (χ4n) is 4.92. The predicted molar refractivity (Wildman–Crippen MR) is 164 cm³/mol. The summed E-state index contributed by atoms with van der Waals surface area (Å²) in [5, 5.41) is 22.4. The predicted octanol–water partition coefficient (Wildman–Crippen LogP) is 5.36. The van der Waals surface area contributed by atoms with Gasteiger partial charge in [-0.05, 0) is 62.3 Å². The number of hydrogen-bond donors (Lipinski definition) is 3. The van der Waals surface area contributed by atoms with E-state index in [1.165, 1.54) is 19.1 Å². The number of carbonyl (C=O) groups excluding carboxylic acids is 2. The number of dihydropyridines is 1. The third-order valence-electron chi connectivity index (χ3n) is 7.09. The highest BCUT2D eigenvalue weighted by Gasteiger charge is 2.47. The van der Waals surface area contributed by atoms with Crippen LogP contribution in [0.2, 0.25) is 0 Å². The zero-order valence-electron chi connectivity index (χ0n) is 25.3. The lowest BCUT2D eigenvalue weighted by molar-refractivity contribution is -0.384. The van der Waals surface area contributed by atoms with E-state index in [4.69, 9.17) is 20.3 Å². The zero-order valence-corrected chi connectivity index (χ0v) is 26.1. The topological polar surface area (TPSA) is 163 Å². The van der Waals surface area contributed by atoms with Crippen molar-refractivity contribution < 1.29 is 47.0 Å². The molecule has 2 aromatic rings. The second-order valence-electron chi connectivity index (χ2n) is 10.3. The van der Waals surface area contributed by atoms with Crippen molar-refractivity contribution in [1.82, 2.24) is 5.32 Å². The Bertz CT molecular complexity index is 1430. The van der Waals surface area contributed by atoms with Crippen LogP contribution in [0.15, 0.2) is 71.1 Å². The van der Waals surface area contributed by atoms with Crippen LogP contribution in [0, 0.1) is 10.1 Å². The van der Waals surface area contributed by atoms with E-state index < -0.39 is 52.1 Å². The van der Waals surface area contributed by atoms with Gasteiger partial charge in [0, 0.05) is 24.4 Å². The number of nitrogens with one attached hydrogen (secondary N) is 1. The molecule has 3 rings (SSSR count). The van der Waals surface area contributed by atoms with Crippen LogP contribution < -0.4 is 15.8 Å². The first kappa shape index (κ1) is 38.0. The van der Waals surface area contributed by atoms with E-state index in [0.29, 0.717) is 31.4 Å². The van der Waals surface area contributed by atoms with Crippen molar-refractivity contribution in [2.75, 3.05) is 20.3 Å². The molecule has 0 aliphatic carbocycles. The molecule has 1 heterocycles. The molecule has 0 saturated carbocycles. The largest absolute Gasteiger partial charge is 0.476 e. The normalized spacial score (nSPS) is 15.4. The number of allylic oxidation sites excluding steroid dienone is 2. The minimum atomic E-state index is -5.04. The maximum absolute atomic E-state index is 14.1. The quantitative estimate of drug-likeness (QED) is 0.0739. The SMILES string of the molecule is COC(=O)C1=C(C(F)(F)F)NC(C)=C(C(=O)OCCCc2ccc(OC(N)CCCCCO)cc2)C1c1cccc([N+](=O)[O-])c1.Cl. The number of esters is 2. The van der Waals surface area contributed by atoms with Crippen LogP contribution in [0.1, 0.15) is 56.1 Å². The minimum Gasteiger partial charge on any atom is -0.476 e. The summed E-state index contributed by atoms with van der Waals surface area (Å²) in [4.78, 5) is 36.7. The Labute approximate surface area is 270 Å². The number of halogens is 4. The van der Waals surface area contributed by atoms with Gasteiger partial charge in [0.25, 0.3) is 5.69 Å². The van der Waals surface area contributed by atoms with Crippen LogP contribution in [-0.2, 0) is 25.5 Å². The number of aliphatic hydroxyl groups excluding tert-OH is 1. The summed E-state index contributed by atoms with van der Waals surface area (Å²) in [5.41, 5.74) is 3.49. The van der Waals surface area contributed by atoms with Gasteiger partial charge in [-0.2, -0.15) is 13.2 Å². The Hall–Kier alpha value is -4.14. The van der Waals surface area contributed by atoms with Gasteiger partial charge in [-0.3, -0.25) is 15.8 Å². The molecule has 0 amide bonds. The summed E-state index contributed by atoms with van der Waals surface area (Å²) in [5.74, 6) is -3.42. The van der Waals surface area contributed by atoms with Crippen LogP contribution in [0.5, 0.6) is 5.75 Å². The number of nitrogens with zero attached hydrogens (tertiary/aromatic N) is 1. The Morgan fingerprint density at radius 2 is 1.76 bits per heavy atom. The number of non-ortho nitro benzene ring substituents is 1. The Balaban J connectivity index is 0.00000736. The minimum absolute atomic E-state index is 0. The highest BCUT2D eigenvalue weighted by atomic mass is 35.5. The first-order valence-corrected chi connectivity index (χ1v) is 14.3. The van der Waals surface area contributed by atoms with Crippen molar-refractivity contribution in [1.29, 1.82) is 0 Å². The Kier molecular flexibility index (Phi) is 14.5. The van der Waals surface area contributed by atoms with Crippen LogP contribution >= 0.6 is 12.4 Å². The third-order valence-corrected chi connectivity index (χ3v) is 7.09. The van der Waals surface area contributed by atoms with Crippen LogP contribution in [0.4, 0.5) is 18.9 Å². The molecule has 0 spiro atoms. The molecule has 46 heavy (non-hydrogen) atoms. The summed E-state index contributed by atoms with van der Waals surface area (Å²) in [6, 6.07) is 11.9. The van der Waals surface area contributed by atoms with E-state index in [9.17, 15) is 32.9 Å². The Morgan fingerprint density at radius 1 is 1.07 bits per heavy atom. The van der Waals surface area contributed by atoms with Gasteiger partial charge in [-0.1, -0.05) is 30.7 Å². The number of ether oxygens (including phenoxy) is 3. The fourth-order valence-corrected chi connectivity index (χ4v) is 4.92. The lowest BCUT2D eigenvalue weighted by Gasteiger charge is -2.31. The summed E-state index contributed by atoms with van der Waals surface area (Å²) in [7, 11) is 0.894. The highest BCUT2D eigenvalue weighted by Crippen LogP contribution is 2.44. The van der Waals surface area contributed by atoms with Gasteiger partial charge in [0.2, 0.25) is 0 Å². The molecule has 252 valence electrons. The molecule has 1 aliphatic heterocycles. The zero-order chi connectivity index (χ0) is 33.1. The lowest BCUT2D eigenvalue weighted by atomic mass is 9.80. The van der Waals surface area contributed by atoms with E-state index in [2.05, 4.69) is 10.1 Å². The van der Waals surface area contributed by atoms with Gasteiger partial charge in [-0.15, -0.1) is 12.4 Å². The summed E-state index contributed by atoms with van der Waals surface area (Å²) >= 11 is 0. The molecule has 2 aromatic carbocycles. The summed E-state index contributed by atoms with van der Waals surface area (Å²) < 4.78 is 58.0. The van der Waals surface area contributed by atoms with Crippen molar-refractivity contribution in [2.24, 2.45) is 5.73 Å². The molecule has 0 aromatic heterocycles. The number of unbranched alkanes of at least 4 members (excludes halogenated alkanes) is 2. The van der Waals surface area contributed by atoms with Gasteiger partial charge >= 0.3 is 18.1 Å². The third kappa shape index (κ3) is 10.2. The van der Waals surface area contributed by atoms with E-state index in [1.54, 1.807) is 12.1 Å². The number of methoxy groups -OCH3 is 1. The number of benzene rings is 2.